The van der Waals surface area contributed by atoms with Crippen LogP contribution in [0.25, 0.3) is 0 Å². The molecule has 0 spiro atoms. The minimum absolute atomic E-state index is 0. The minimum atomic E-state index is 0. The second kappa shape index (κ2) is 101. The summed E-state index contributed by atoms with van der Waals surface area (Å²) in [6, 6.07) is 0. The van der Waals surface area contributed by atoms with Gasteiger partial charge in [-0.1, -0.05) is 7.43 Å². The molecule has 0 fully saturated rings. The molecule has 0 aliphatic heterocycles. The van der Waals surface area contributed by atoms with E-state index in [1.807, 2.05) is 0 Å². The van der Waals surface area contributed by atoms with Gasteiger partial charge in [-0.2, -0.15) is 0 Å². The van der Waals surface area contributed by atoms with E-state index in [4.69, 9.17) is 0 Å². The lowest BCUT2D eigenvalue weighted by Crippen LogP contribution is -0.481. The Morgan fingerprint density at radius 2 is 1.00 bits per heavy atom. The highest BCUT2D eigenvalue weighted by Crippen LogP contribution is 0.144. The van der Waals surface area contributed by atoms with Gasteiger partial charge in [0.25, 0.3) is 0 Å². The van der Waals surface area contributed by atoms with Crippen molar-refractivity contribution in [2.24, 2.45) is 0 Å². The smallest absolute Gasteiger partial charge is 0.187 e. The van der Waals surface area contributed by atoms with Gasteiger partial charge in [-0.15, -0.1) is 0 Å². The Kier molecular flexibility index (Phi) is 6570. The molecule has 0 heterocycles. The highest BCUT2D eigenvalue weighted by Gasteiger charge is 0.187. The van der Waals surface area contributed by atoms with Crippen LogP contribution in [0.1, 0.15) is 7.43 Å². The summed E-state index contributed by atoms with van der Waals surface area (Å²) in [4.78, 5) is 0. The molecule has 0 radical (unpaired) electrons. The Morgan fingerprint density at radius 1 is 1.00 bits per heavy atom. The van der Waals surface area contributed by atoms with Gasteiger partial charge in [0.15, 0.2) is 17.4 Å². The maximum atomic E-state index is 0. The third kappa shape index (κ3) is 25.3. The molecule has 0 aromatic carbocycles. The number of hydrogen-bond donors (Lipinski definition) is 1. The van der Waals surface area contributed by atoms with Crippen LogP contribution < -0.4 is 6.15 Å². The van der Waals surface area contributed by atoms with Crippen LogP contribution in [-0.2, 0) is 0 Å². The van der Waals surface area contributed by atoms with Crippen LogP contribution in [0.15, 0.2) is 0 Å². The number of rotatable bonds is 0. The van der Waals surface area contributed by atoms with Crippen molar-refractivity contribution in [2.45, 2.75) is 7.43 Å². The zero-order valence-corrected chi connectivity index (χ0v) is 1.21. The lowest BCUT2D eigenvalue weighted by atomic mass is 12.0. The summed E-state index contributed by atoms with van der Waals surface area (Å²) in [7, 11) is 0. The molecular weight excluding hydrogens is 69.0 g/mol. The van der Waals surface area contributed by atoms with Gasteiger partial charge < -0.3 is 11.6 Å². The largest absolute Gasteiger partial charge is 0.412 e. The fraction of sp³-hybridized carbons (Fsp3) is 1.00. The lowest BCUT2D eigenvalue weighted by Gasteiger charge is -0.412. The van der Waals surface area contributed by atoms with Gasteiger partial charge in [-0.05, 0) is 0 Å². The first-order chi connectivity index (χ1) is 0. The maximum absolute atomic E-state index is 0. The molecule has 0 rings (SSSR count). The topological polar surface area (TPSA) is 66.5 Å². The van der Waals surface area contributed by atoms with E-state index in [0.29, 0.717) is 0 Å². The first-order valence-electron chi connectivity index (χ1n) is 0. The molecule has 0 unspecified atom stereocenters. The Morgan fingerprint density at radius 3 is 1.00 bits per heavy atom. The summed E-state index contributed by atoms with van der Waals surface area (Å²) in [5.41, 5.74) is 0. The zero-order valence-electron chi connectivity index (χ0n) is 1.21. The normalized spacial score (nSPS) is 0. The van der Waals surface area contributed by atoms with Crippen molar-refractivity contribution in [3.8, 4) is 0 Å². The van der Waals surface area contributed by atoms with E-state index >= 15 is 0 Å². The third-order valence-electron chi connectivity index (χ3n) is 0. The third-order valence-corrected chi connectivity index (χ3v) is 0. The molecule has 0 saturated carbocycles. The summed E-state index contributed by atoms with van der Waals surface area (Å²) < 4.78 is 0. The minimum Gasteiger partial charge on any atom is -0.412 e. The molecule has 0 amide bonds. The lowest BCUT2D eigenvalue weighted by molar-refractivity contribution is 0.824. The number of hydrogen-bond acceptors (Lipinski definition) is 1. The fourth-order valence-corrected chi connectivity index (χ4v) is 0. The Hall–Kier alpha value is 0.452. The molecule has 30 valence electrons. The van der Waals surface area contributed by atoms with Gasteiger partial charge in [0, 0.05) is 0 Å². The van der Waals surface area contributed by atoms with Crippen molar-refractivity contribution in [3.63, 3.8) is 0 Å². The molecule has 0 aromatic heterocycles. The van der Waals surface area contributed by atoms with Gasteiger partial charge >= 0.3 is 0 Å². The summed E-state index contributed by atoms with van der Waals surface area (Å²) in [5.74, 6) is 0. The van der Waals surface area contributed by atoms with Crippen LogP contribution in [0.3, 0.4) is 0 Å². The summed E-state index contributed by atoms with van der Waals surface area (Å²) in [5, 5.41) is 0. The van der Waals surface area contributed by atoms with Crippen LogP contribution in [0.2, 0.25) is 0 Å². The second-order valence-electron chi connectivity index (χ2n) is 0. The van der Waals surface area contributed by atoms with Crippen molar-refractivity contribution in [1.82, 2.24) is 6.15 Å². The van der Waals surface area contributed by atoms with E-state index in [2.05, 4.69) is 0 Å². The van der Waals surface area contributed by atoms with Gasteiger partial charge in [0.05, 0.1) is 0 Å². The first-order valence-corrected chi connectivity index (χ1v) is 0. The summed E-state index contributed by atoms with van der Waals surface area (Å²) >= 11 is 0. The molecule has 0 aliphatic carbocycles. The summed E-state index contributed by atoms with van der Waals surface area (Å²) in [6.07, 6.45) is 0. The molecule has 3 heteroatoms. The molecular formula is CH12AlNO. The molecule has 0 aliphatic rings. The molecule has 0 saturated heterocycles. The monoisotopic (exact) mass is 81.1 g/mol. The molecule has 0 bridgehead atoms. The Balaban J connectivity index is 0. The van der Waals surface area contributed by atoms with Gasteiger partial charge in [-0.25, -0.2) is 0 Å². The van der Waals surface area contributed by atoms with Crippen molar-refractivity contribution in [3.05, 3.63) is 0 Å². The van der Waals surface area contributed by atoms with E-state index in [-0.39, 0.29) is 36.4 Å². The average molecular weight is 81.1 g/mol. The van der Waals surface area contributed by atoms with Gasteiger partial charge in [0.2, 0.25) is 0 Å². The first kappa shape index (κ1) is 259. The fourth-order valence-electron chi connectivity index (χ4n) is 0. The van der Waals surface area contributed by atoms with E-state index < -0.39 is 0 Å². The van der Waals surface area contributed by atoms with Gasteiger partial charge in [0.1, 0.15) is 0 Å². The Labute approximate surface area is 37.2 Å². The highest BCUT2D eigenvalue weighted by atomic mass is 27.0. The highest BCUT2D eigenvalue weighted by molar-refractivity contribution is 5.75. The SMILES string of the molecule is C.N.O.[AlH3]. The van der Waals surface area contributed by atoms with E-state index in [1.165, 1.54) is 0 Å². The van der Waals surface area contributed by atoms with Crippen molar-refractivity contribution in [1.29, 1.82) is 0 Å². The van der Waals surface area contributed by atoms with Crippen LogP contribution in [-0.4, -0.2) is 22.8 Å². The zero-order chi connectivity index (χ0) is 0. The predicted octanol–water partition coefficient (Wildman–Crippen LogP) is -1.21. The van der Waals surface area contributed by atoms with E-state index in [1.54, 1.807) is 0 Å². The molecule has 2 nitrogen and oxygen atoms in total. The van der Waals surface area contributed by atoms with E-state index in [9.17, 15) is 0 Å². The van der Waals surface area contributed by atoms with Crippen molar-refractivity contribution >= 4 is 17.4 Å². The quantitative estimate of drug-likeness (QED) is 0.365. The molecule has 5 N–H and O–H groups in total. The average Bonchev–Trinajstić information content (AvgIpc) is 0. The van der Waals surface area contributed by atoms with Gasteiger partial charge in [-0.3, -0.25) is 0 Å². The molecule has 4 heavy (non-hydrogen) atoms. The molecule has 0 atom stereocenters. The van der Waals surface area contributed by atoms with Crippen LogP contribution in [0.5, 0.6) is 0 Å². The van der Waals surface area contributed by atoms with Crippen molar-refractivity contribution in [2.75, 3.05) is 0 Å². The van der Waals surface area contributed by atoms with Crippen LogP contribution in [0.4, 0.5) is 0 Å². The van der Waals surface area contributed by atoms with Crippen LogP contribution in [0, 0.1) is 0 Å². The van der Waals surface area contributed by atoms with E-state index in [0.717, 1.165) is 0 Å². The Bertz CT molecular complexity index is 8.00. The van der Waals surface area contributed by atoms with Crippen molar-refractivity contribution < 1.29 is 5.48 Å². The summed E-state index contributed by atoms with van der Waals surface area (Å²) in [6.45, 7) is 0. The molecule has 0 aromatic rings. The van der Waals surface area contributed by atoms with Crippen LogP contribution >= 0.6 is 0 Å². The maximum Gasteiger partial charge on any atom is 0.187 e. The predicted molar refractivity (Wildman–Crippen MR) is 25.3 cm³/mol. The standard InChI is InChI=1S/CH4.Al.H3N.H2O.3H/h1H4;;1H3;1H2;;;. The second-order valence-corrected chi connectivity index (χ2v) is 0.